The van der Waals surface area contributed by atoms with Gasteiger partial charge in [0.1, 0.15) is 29.6 Å². The highest BCUT2D eigenvalue weighted by atomic mass is 32.2. The van der Waals surface area contributed by atoms with E-state index in [1.807, 2.05) is 65.8 Å². The third-order valence-corrected chi connectivity index (χ3v) is 18.2. The Balaban J connectivity index is 0.975. The van der Waals surface area contributed by atoms with Crippen LogP contribution in [0.3, 0.4) is 0 Å². The summed E-state index contributed by atoms with van der Waals surface area (Å²) >= 11 is 0. The van der Waals surface area contributed by atoms with E-state index in [1.165, 1.54) is 17.0 Å². The predicted molar refractivity (Wildman–Crippen MR) is 302 cm³/mol. The van der Waals surface area contributed by atoms with Gasteiger partial charge >= 0.3 is 17.9 Å². The number of nitrogens with one attached hydrogen (secondary N) is 2. The van der Waals surface area contributed by atoms with Gasteiger partial charge in [0.2, 0.25) is 5.89 Å². The number of nitrogens with two attached hydrogens (primary N) is 1. The maximum absolute atomic E-state index is 15.0. The second-order valence-electron chi connectivity index (χ2n) is 22.8. The van der Waals surface area contributed by atoms with Gasteiger partial charge in [0.25, 0.3) is 23.6 Å². The van der Waals surface area contributed by atoms with Crippen LogP contribution in [0, 0.1) is 11.6 Å². The van der Waals surface area contributed by atoms with Crippen LogP contribution >= 0.6 is 0 Å². The molecule has 3 saturated heterocycles. The zero-order valence-corrected chi connectivity index (χ0v) is 47.5. The summed E-state index contributed by atoms with van der Waals surface area (Å²) < 4.78 is 51.2. The number of phenols is 1. The number of phenolic OH excluding ortho intramolecular Hbond substituents is 1. The van der Waals surface area contributed by atoms with Crippen molar-refractivity contribution in [3.63, 3.8) is 0 Å². The van der Waals surface area contributed by atoms with E-state index in [2.05, 4.69) is 33.7 Å². The van der Waals surface area contributed by atoms with Gasteiger partial charge in [0.05, 0.1) is 41.4 Å². The van der Waals surface area contributed by atoms with E-state index in [0.717, 1.165) is 27.7 Å². The number of rotatable bonds is 10. The predicted octanol–water partition coefficient (Wildman–Crippen LogP) is 5.26. The molecular formula is C60H67N10O11S+. The number of carbonyl (C=O) groups excluding carboxylic acids is 4. The molecule has 11 rings (SSSR count). The van der Waals surface area contributed by atoms with Gasteiger partial charge in [-0.25, -0.2) is 13.8 Å². The molecule has 21 nitrogen and oxygen atoms in total. The van der Waals surface area contributed by atoms with Gasteiger partial charge in [-0.3, -0.25) is 29.1 Å². The van der Waals surface area contributed by atoms with Gasteiger partial charge in [-0.2, -0.15) is 0 Å². The van der Waals surface area contributed by atoms with Crippen molar-refractivity contribution in [3.8, 4) is 39.6 Å². The van der Waals surface area contributed by atoms with Crippen molar-refractivity contribution < 1.29 is 56.3 Å². The largest absolute Gasteiger partial charge is 0.508 e. The number of hydrogen-bond donors (Lipinski definition) is 4. The van der Waals surface area contributed by atoms with E-state index >= 15 is 4.79 Å². The number of amides is 3. The summed E-state index contributed by atoms with van der Waals surface area (Å²) in [6.45, 7) is 13.2. The number of likely N-dealkylation sites (N-methyl/N-ethyl adjacent to an activating group) is 1. The molecule has 6 bridgehead atoms. The number of hydrogen-bond acceptors (Lipinski definition) is 16. The van der Waals surface area contributed by atoms with Crippen LogP contribution in [0.2, 0.25) is 0 Å². The number of aromatic nitrogens is 4. The fourth-order valence-corrected chi connectivity index (χ4v) is 13.7. The number of sulfone groups is 1. The lowest BCUT2D eigenvalue weighted by molar-refractivity contribution is -0.323. The van der Waals surface area contributed by atoms with Crippen molar-refractivity contribution >= 4 is 56.3 Å². The number of hydrazine groups is 1. The van der Waals surface area contributed by atoms with E-state index in [-0.39, 0.29) is 60.9 Å². The number of allylic oxidation sites excluding steroid dienone is 1. The first-order chi connectivity index (χ1) is 39.2. The van der Waals surface area contributed by atoms with E-state index in [1.54, 1.807) is 51.4 Å². The number of benzene rings is 3. The van der Waals surface area contributed by atoms with Crippen LogP contribution in [0.15, 0.2) is 89.0 Å². The minimum atomic E-state index is -3.08. The number of anilines is 1. The Labute approximate surface area is 475 Å². The summed E-state index contributed by atoms with van der Waals surface area (Å²) in [5, 5.41) is 25.3. The molecular weight excluding hydrogens is 1070 g/mol. The van der Waals surface area contributed by atoms with E-state index < -0.39 is 69.2 Å². The minimum absolute atomic E-state index is 0.0376. The number of nitrogens with zero attached hydrogens (tertiary/aromatic N) is 7. The lowest BCUT2D eigenvalue weighted by atomic mass is 9.67. The molecule has 5 N–H and O–H groups in total. The van der Waals surface area contributed by atoms with E-state index in [4.69, 9.17) is 29.3 Å². The molecule has 0 saturated carbocycles. The van der Waals surface area contributed by atoms with Crippen molar-refractivity contribution in [2.24, 2.45) is 5.41 Å². The lowest BCUT2D eigenvalue weighted by Gasteiger charge is -2.40. The molecule has 22 heteroatoms. The second-order valence-corrected chi connectivity index (χ2v) is 25.1. The summed E-state index contributed by atoms with van der Waals surface area (Å²) in [6, 6.07) is 18.0. The van der Waals surface area contributed by atoms with Crippen LogP contribution in [0.1, 0.15) is 93.2 Å². The van der Waals surface area contributed by atoms with Gasteiger partial charge in [-0.15, -0.1) is 10.2 Å². The molecule has 428 valence electrons. The average Bonchev–Trinajstić information content (AvgIpc) is 3.21. The molecule has 3 amide bonds. The van der Waals surface area contributed by atoms with Crippen LogP contribution < -0.4 is 21.5 Å². The lowest BCUT2D eigenvalue weighted by Crippen LogP contribution is -2.61. The maximum atomic E-state index is 15.0. The van der Waals surface area contributed by atoms with Gasteiger partial charge in [0.15, 0.2) is 21.5 Å². The van der Waals surface area contributed by atoms with Crippen molar-refractivity contribution in [1.29, 1.82) is 0 Å². The summed E-state index contributed by atoms with van der Waals surface area (Å²) in [4.78, 5) is 66.7. The number of carbonyl (C=O) groups is 4. The van der Waals surface area contributed by atoms with Crippen LogP contribution in [-0.4, -0.2) is 143 Å². The number of cyclic esters (lactones) is 1. The maximum Gasteiger partial charge on any atom is 0.355 e. The topological polar surface area (TPSA) is 268 Å². The smallest absolute Gasteiger partial charge is 0.355 e. The average molecular weight is 1140 g/mol. The molecule has 7 heterocycles. The van der Waals surface area contributed by atoms with Crippen molar-refractivity contribution in [3.05, 3.63) is 119 Å². The van der Waals surface area contributed by atoms with Gasteiger partial charge < -0.3 is 44.3 Å². The monoisotopic (exact) mass is 1140 g/mol. The van der Waals surface area contributed by atoms with E-state index in [9.17, 15) is 27.9 Å². The molecule has 0 radical (unpaired) electrons. The molecule has 3 fully saturated rings. The Kier molecular flexibility index (Phi) is 15.1. The Morgan fingerprint density at radius 1 is 1.04 bits per heavy atom. The fourth-order valence-electron chi connectivity index (χ4n) is 12.4. The minimum Gasteiger partial charge on any atom is -0.508 e. The third kappa shape index (κ3) is 10.6. The number of methoxy groups -OCH3 is 1. The number of esters is 1. The highest BCUT2D eigenvalue weighted by Gasteiger charge is 2.52. The first-order valence-electron chi connectivity index (χ1n) is 27.5. The first-order valence-corrected chi connectivity index (χ1v) is 29.4. The van der Waals surface area contributed by atoms with E-state index in [0.29, 0.717) is 89.6 Å². The Morgan fingerprint density at radius 3 is 2.54 bits per heavy atom. The van der Waals surface area contributed by atoms with Crippen LogP contribution in [0.4, 0.5) is 5.69 Å². The Morgan fingerprint density at radius 2 is 1.80 bits per heavy atom. The summed E-state index contributed by atoms with van der Waals surface area (Å²) in [6.07, 6.45) is 4.55. The fraction of sp³-hybridized carbons (Fsp3) is 0.417. The molecule has 6 atom stereocenters. The highest BCUT2D eigenvalue weighted by Crippen LogP contribution is 2.57. The third-order valence-electron chi connectivity index (χ3n) is 16.5. The van der Waals surface area contributed by atoms with Crippen molar-refractivity contribution in [2.45, 2.75) is 96.1 Å². The summed E-state index contributed by atoms with van der Waals surface area (Å²) in [5.41, 5.74) is 16.2. The number of fused-ring (bicyclic) bond motifs is 8. The number of nitrogen functional groups attached to an aromatic ring is 1. The van der Waals surface area contributed by atoms with Gasteiger partial charge in [-0.05, 0) is 114 Å². The molecule has 82 heavy (non-hydrogen) atoms. The summed E-state index contributed by atoms with van der Waals surface area (Å²) in [5.74, 6) is -2.51. The van der Waals surface area contributed by atoms with Gasteiger partial charge in [0, 0.05) is 81.3 Å². The van der Waals surface area contributed by atoms with Crippen LogP contribution in [0.25, 0.3) is 50.9 Å². The molecule has 1 aliphatic carbocycles. The standard InChI is InChI=1S/C60H66N10O11S/c1-8-69-46-16-13-36-28-42(46)48-49(54(78-7)50-43(52(48)69)29-38(30-62-50)56-65-64-47(81-56)31-68-19-22-82(76,77)23-20-68)60(4,5)32-80-59(75)44-10-9-18-70(66-44)57(73)45(26-34-24-37(36)27-40(71)25-34)63-55(72)51(33(2)3)67(6)58(74)53-41(17-21-79-53)35-11-14-39(61)15-12-35/h8,11-16,24-25,27-29,41,44-45,49,53-54,66H,1,9-10,17-23,26,31-32,61H2,2-7H3,(H-,63,71,72)/p+1/t41-,44+,45+,49?,53-,54+/m1/s1. The first kappa shape index (κ1) is 55.9. The van der Waals surface area contributed by atoms with Crippen molar-refractivity contribution in [1.82, 2.24) is 40.3 Å². The highest BCUT2D eigenvalue weighted by molar-refractivity contribution is 7.91. The molecule has 6 aromatic rings. The molecule has 1 unspecified atom stereocenters. The van der Waals surface area contributed by atoms with Gasteiger partial charge in [-0.1, -0.05) is 44.7 Å². The van der Waals surface area contributed by atoms with Crippen LogP contribution in [-0.2, 0) is 56.2 Å². The molecule has 3 aromatic heterocycles. The zero-order chi connectivity index (χ0) is 57.9. The van der Waals surface area contributed by atoms with Crippen molar-refractivity contribution in [2.75, 3.05) is 64.2 Å². The molecule has 5 aliphatic rings. The molecule has 4 aliphatic heterocycles. The normalized spacial score (nSPS) is 23.2. The molecule has 3 aromatic carbocycles. The zero-order valence-electron chi connectivity index (χ0n) is 46.7. The summed E-state index contributed by atoms with van der Waals surface area (Å²) in [7, 11) is 0.0469. The quantitative estimate of drug-likeness (QED) is 0.0774. The molecule has 0 spiro atoms. The Hall–Kier alpha value is -7.94. The Bertz CT molecular complexity index is 3670. The SMILES string of the molecule is C=Cn1c2c3c4cc(ccc41)-c1cc(O)cc(c1)C[C@H](NC(=O)C(=C(C)C)N(C)C(=O)[C@@H]1OCC[C@@H]1c1ccc(N)cc1)C(=O)N1CCC[C@H](N1)C(=O)OCC(C)(C)C3[C@H](OC)c1[n+]#cc(-c3nnc(CN4CCS(=O)(=O)CC4)o3)cc1-2. The second kappa shape index (κ2) is 22.1. The van der Waals surface area contributed by atoms with Crippen LogP contribution in [0.5, 0.6) is 5.75 Å². The number of aromatic hydroxyl groups is 1. The number of ether oxygens (including phenoxy) is 3.